The fraction of sp³-hybridized carbons (Fsp3) is 0.615. The van der Waals surface area contributed by atoms with E-state index in [1.165, 1.54) is 32.1 Å². The lowest BCUT2D eigenvalue weighted by atomic mass is 10.1. The molecule has 2 N–H and O–H groups in total. The van der Waals surface area contributed by atoms with Gasteiger partial charge in [0.2, 0.25) is 0 Å². The fourth-order valence-corrected chi connectivity index (χ4v) is 2.04. The molecular formula is C13H21BrN2O. The van der Waals surface area contributed by atoms with Gasteiger partial charge in [-0.2, -0.15) is 0 Å². The second-order valence-corrected chi connectivity index (χ2v) is 5.17. The summed E-state index contributed by atoms with van der Waals surface area (Å²) in [7, 11) is 0. The maximum absolute atomic E-state index is 11.6. The third kappa shape index (κ3) is 5.91. The molecule has 0 aliphatic heterocycles. The average molecular weight is 301 g/mol. The molecule has 1 aromatic rings. The van der Waals surface area contributed by atoms with Crippen LogP contribution in [0.2, 0.25) is 0 Å². The number of aromatic nitrogens is 1. The predicted molar refractivity (Wildman–Crippen MR) is 74.2 cm³/mol. The molecule has 1 amide bonds. The molecule has 0 saturated heterocycles. The Hall–Kier alpha value is -0.770. The SMILES string of the molecule is CCCCCCCCNC(=O)c1cc(Br)c[nH]1. The van der Waals surface area contributed by atoms with Crippen molar-refractivity contribution in [3.05, 3.63) is 22.4 Å². The zero-order valence-corrected chi connectivity index (χ0v) is 12.0. The van der Waals surface area contributed by atoms with Gasteiger partial charge in [0.1, 0.15) is 5.69 Å². The summed E-state index contributed by atoms with van der Waals surface area (Å²) in [4.78, 5) is 14.5. The molecule has 0 aliphatic rings. The van der Waals surface area contributed by atoms with E-state index in [1.807, 2.05) is 0 Å². The van der Waals surface area contributed by atoms with Crippen LogP contribution in [0, 0.1) is 0 Å². The van der Waals surface area contributed by atoms with Gasteiger partial charge in [-0.15, -0.1) is 0 Å². The third-order valence-electron chi connectivity index (χ3n) is 2.71. The Morgan fingerprint density at radius 3 is 2.65 bits per heavy atom. The number of carbonyl (C=O) groups is 1. The minimum atomic E-state index is -0.0238. The van der Waals surface area contributed by atoms with Gasteiger partial charge in [0, 0.05) is 17.2 Å². The molecule has 0 unspecified atom stereocenters. The number of nitrogens with one attached hydrogen (secondary N) is 2. The summed E-state index contributed by atoms with van der Waals surface area (Å²) in [6, 6.07) is 1.79. The van der Waals surface area contributed by atoms with E-state index in [0.717, 1.165) is 17.4 Å². The summed E-state index contributed by atoms with van der Waals surface area (Å²) in [5, 5.41) is 2.91. The van der Waals surface area contributed by atoms with Gasteiger partial charge in [-0.05, 0) is 28.4 Å². The number of hydrogen-bond acceptors (Lipinski definition) is 1. The standard InChI is InChI=1S/C13H21BrN2O/c1-2-3-4-5-6-7-8-15-13(17)12-9-11(14)10-16-12/h9-10,16H,2-8H2,1H3,(H,15,17). The Bertz CT molecular complexity index is 336. The van der Waals surface area contributed by atoms with Gasteiger partial charge in [0.25, 0.3) is 5.91 Å². The van der Waals surface area contributed by atoms with Gasteiger partial charge in [-0.3, -0.25) is 4.79 Å². The predicted octanol–water partition coefficient (Wildman–Crippen LogP) is 3.87. The molecule has 0 atom stereocenters. The van der Waals surface area contributed by atoms with Crippen LogP contribution >= 0.6 is 15.9 Å². The summed E-state index contributed by atoms with van der Waals surface area (Å²) >= 11 is 3.31. The van der Waals surface area contributed by atoms with Crippen LogP contribution in [0.4, 0.5) is 0 Å². The number of carbonyl (C=O) groups excluding carboxylic acids is 1. The van der Waals surface area contributed by atoms with Gasteiger partial charge in [0.05, 0.1) is 0 Å². The van der Waals surface area contributed by atoms with Crippen LogP contribution in [-0.2, 0) is 0 Å². The minimum absolute atomic E-state index is 0.0238. The first kappa shape index (κ1) is 14.3. The zero-order valence-electron chi connectivity index (χ0n) is 10.4. The van der Waals surface area contributed by atoms with Crippen molar-refractivity contribution in [1.29, 1.82) is 0 Å². The number of halogens is 1. The topological polar surface area (TPSA) is 44.9 Å². The van der Waals surface area contributed by atoms with E-state index in [0.29, 0.717) is 5.69 Å². The van der Waals surface area contributed by atoms with Crippen LogP contribution in [0.5, 0.6) is 0 Å². The van der Waals surface area contributed by atoms with Gasteiger partial charge >= 0.3 is 0 Å². The van der Waals surface area contributed by atoms with E-state index in [2.05, 4.69) is 33.2 Å². The van der Waals surface area contributed by atoms with E-state index < -0.39 is 0 Å². The highest BCUT2D eigenvalue weighted by Crippen LogP contribution is 2.10. The van der Waals surface area contributed by atoms with Crippen molar-refractivity contribution in [3.63, 3.8) is 0 Å². The normalized spacial score (nSPS) is 10.5. The van der Waals surface area contributed by atoms with Crippen LogP contribution in [-0.4, -0.2) is 17.4 Å². The van der Waals surface area contributed by atoms with Crippen molar-refractivity contribution in [1.82, 2.24) is 10.3 Å². The molecular weight excluding hydrogens is 280 g/mol. The zero-order chi connectivity index (χ0) is 12.5. The van der Waals surface area contributed by atoms with Crippen molar-refractivity contribution < 1.29 is 4.79 Å². The number of aromatic amines is 1. The number of unbranched alkanes of at least 4 members (excludes halogenated alkanes) is 5. The summed E-state index contributed by atoms with van der Waals surface area (Å²) in [5.74, 6) is -0.0238. The second-order valence-electron chi connectivity index (χ2n) is 4.26. The molecule has 3 nitrogen and oxygen atoms in total. The van der Waals surface area contributed by atoms with E-state index in [9.17, 15) is 4.79 Å². The van der Waals surface area contributed by atoms with E-state index >= 15 is 0 Å². The fourth-order valence-electron chi connectivity index (χ4n) is 1.70. The average Bonchev–Trinajstić information content (AvgIpc) is 2.74. The number of amides is 1. The van der Waals surface area contributed by atoms with Crippen LogP contribution in [0.3, 0.4) is 0 Å². The minimum Gasteiger partial charge on any atom is -0.356 e. The van der Waals surface area contributed by atoms with Crippen molar-refractivity contribution in [2.24, 2.45) is 0 Å². The van der Waals surface area contributed by atoms with E-state index in [-0.39, 0.29) is 5.91 Å². The molecule has 96 valence electrons. The Morgan fingerprint density at radius 1 is 1.29 bits per heavy atom. The summed E-state index contributed by atoms with van der Waals surface area (Å²) < 4.78 is 0.905. The van der Waals surface area contributed by atoms with Gasteiger partial charge in [0.15, 0.2) is 0 Å². The lowest BCUT2D eigenvalue weighted by Gasteiger charge is -2.03. The molecule has 1 aromatic heterocycles. The molecule has 1 heterocycles. The smallest absolute Gasteiger partial charge is 0.267 e. The highest BCUT2D eigenvalue weighted by Gasteiger charge is 2.06. The first-order valence-corrected chi connectivity index (χ1v) is 7.15. The monoisotopic (exact) mass is 300 g/mol. The van der Waals surface area contributed by atoms with Gasteiger partial charge in [-0.1, -0.05) is 39.0 Å². The molecule has 0 saturated carbocycles. The van der Waals surface area contributed by atoms with Crippen LogP contribution in [0.15, 0.2) is 16.7 Å². The molecule has 0 spiro atoms. The molecule has 0 bridgehead atoms. The Labute approximate surface area is 112 Å². The number of rotatable bonds is 8. The van der Waals surface area contributed by atoms with Crippen molar-refractivity contribution in [2.45, 2.75) is 45.4 Å². The van der Waals surface area contributed by atoms with Crippen LogP contribution in [0.1, 0.15) is 55.9 Å². The molecule has 0 radical (unpaired) electrons. The van der Waals surface area contributed by atoms with Crippen molar-refractivity contribution >= 4 is 21.8 Å². The third-order valence-corrected chi connectivity index (χ3v) is 3.17. The lowest BCUT2D eigenvalue weighted by Crippen LogP contribution is -2.24. The quantitative estimate of drug-likeness (QED) is 0.703. The molecule has 0 aliphatic carbocycles. The molecule has 4 heteroatoms. The molecule has 1 rings (SSSR count). The molecule has 0 fully saturated rings. The highest BCUT2D eigenvalue weighted by atomic mass is 79.9. The largest absolute Gasteiger partial charge is 0.356 e. The second kappa shape index (κ2) is 8.34. The van der Waals surface area contributed by atoms with Gasteiger partial charge < -0.3 is 10.3 Å². The first-order valence-electron chi connectivity index (χ1n) is 6.36. The Balaban J connectivity index is 2.05. The maximum atomic E-state index is 11.6. The molecule has 17 heavy (non-hydrogen) atoms. The van der Waals surface area contributed by atoms with Gasteiger partial charge in [-0.25, -0.2) is 0 Å². The summed E-state index contributed by atoms with van der Waals surface area (Å²) in [6.07, 6.45) is 9.22. The molecule has 0 aromatic carbocycles. The van der Waals surface area contributed by atoms with Crippen molar-refractivity contribution in [3.8, 4) is 0 Å². The van der Waals surface area contributed by atoms with Crippen molar-refractivity contribution in [2.75, 3.05) is 6.54 Å². The summed E-state index contributed by atoms with van der Waals surface area (Å²) in [5.41, 5.74) is 0.614. The number of H-pyrrole nitrogens is 1. The first-order chi connectivity index (χ1) is 8.24. The Morgan fingerprint density at radius 2 is 2.00 bits per heavy atom. The highest BCUT2D eigenvalue weighted by molar-refractivity contribution is 9.10. The lowest BCUT2D eigenvalue weighted by molar-refractivity contribution is 0.0948. The summed E-state index contributed by atoms with van der Waals surface area (Å²) in [6.45, 7) is 2.98. The van der Waals surface area contributed by atoms with Crippen LogP contribution < -0.4 is 5.32 Å². The van der Waals surface area contributed by atoms with E-state index in [4.69, 9.17) is 0 Å². The number of hydrogen-bond donors (Lipinski definition) is 2. The van der Waals surface area contributed by atoms with E-state index in [1.54, 1.807) is 12.3 Å². The Kier molecular flexibility index (Phi) is 7.01. The maximum Gasteiger partial charge on any atom is 0.267 e. The van der Waals surface area contributed by atoms with Crippen LogP contribution in [0.25, 0.3) is 0 Å².